The van der Waals surface area contributed by atoms with Gasteiger partial charge in [-0.25, -0.2) is 4.39 Å². The molecule has 0 aliphatic heterocycles. The predicted molar refractivity (Wildman–Crippen MR) is 71.5 cm³/mol. The molecule has 1 heterocycles. The van der Waals surface area contributed by atoms with Crippen LogP contribution in [0.5, 0.6) is 0 Å². The van der Waals surface area contributed by atoms with Crippen LogP contribution in [0.3, 0.4) is 0 Å². The average Bonchev–Trinajstić information content (AvgIpc) is 2.82. The zero-order valence-corrected chi connectivity index (χ0v) is 10.7. The highest BCUT2D eigenvalue weighted by molar-refractivity contribution is 6.05. The number of benzene rings is 1. The summed E-state index contributed by atoms with van der Waals surface area (Å²) < 4.78 is 18.1. The predicted octanol–water partition coefficient (Wildman–Crippen LogP) is 1.68. The summed E-state index contributed by atoms with van der Waals surface area (Å²) in [6.45, 7) is 1.85. The van der Waals surface area contributed by atoms with Gasteiger partial charge >= 0.3 is 0 Å². The average molecular weight is 273 g/mol. The van der Waals surface area contributed by atoms with Crippen LogP contribution in [0, 0.1) is 24.6 Å². The Hall–Kier alpha value is -2.65. The summed E-state index contributed by atoms with van der Waals surface area (Å²) in [6, 6.07) is 5.34. The van der Waals surface area contributed by atoms with Gasteiger partial charge < -0.3 is 15.6 Å². The van der Waals surface area contributed by atoms with Crippen molar-refractivity contribution in [2.75, 3.05) is 11.9 Å². The van der Waals surface area contributed by atoms with Crippen LogP contribution in [0.15, 0.2) is 28.8 Å². The van der Waals surface area contributed by atoms with Crippen LogP contribution in [0.2, 0.25) is 0 Å². The van der Waals surface area contributed by atoms with Crippen LogP contribution in [0.25, 0.3) is 0 Å². The molecule has 5 nitrogen and oxygen atoms in total. The minimum Gasteiger partial charge on any atom is -0.360 e. The Balaban J connectivity index is 2.30. The number of nitrogens with one attached hydrogen (secondary N) is 1. The van der Waals surface area contributed by atoms with Crippen molar-refractivity contribution in [3.63, 3.8) is 0 Å². The highest BCUT2D eigenvalue weighted by atomic mass is 19.1. The summed E-state index contributed by atoms with van der Waals surface area (Å²) in [4.78, 5) is 12.1. The third-order valence-corrected chi connectivity index (χ3v) is 2.42. The van der Waals surface area contributed by atoms with E-state index in [0.29, 0.717) is 11.3 Å². The zero-order valence-electron chi connectivity index (χ0n) is 10.7. The molecule has 3 N–H and O–H groups in total. The molecule has 0 saturated heterocycles. The van der Waals surface area contributed by atoms with E-state index in [9.17, 15) is 9.18 Å². The van der Waals surface area contributed by atoms with E-state index in [1.165, 1.54) is 12.1 Å². The summed E-state index contributed by atoms with van der Waals surface area (Å²) in [5, 5.41) is 6.15. The molecule has 0 aliphatic carbocycles. The van der Waals surface area contributed by atoms with Crippen molar-refractivity contribution in [2.24, 2.45) is 5.73 Å². The summed E-state index contributed by atoms with van der Waals surface area (Å²) >= 11 is 0. The van der Waals surface area contributed by atoms with Gasteiger partial charge in [0.05, 0.1) is 12.1 Å². The Morgan fingerprint density at radius 3 is 2.95 bits per heavy atom. The van der Waals surface area contributed by atoms with Crippen molar-refractivity contribution >= 4 is 11.7 Å². The van der Waals surface area contributed by atoms with Gasteiger partial charge in [-0.3, -0.25) is 4.79 Å². The second kappa shape index (κ2) is 5.99. The lowest BCUT2D eigenvalue weighted by atomic mass is 10.1. The van der Waals surface area contributed by atoms with Gasteiger partial charge in [0.15, 0.2) is 5.82 Å². The lowest BCUT2D eigenvalue weighted by Gasteiger charge is -2.04. The fourth-order valence-corrected chi connectivity index (χ4v) is 1.57. The molecule has 1 aromatic heterocycles. The molecule has 102 valence electrons. The minimum absolute atomic E-state index is 0.117. The number of carbonyl (C=O) groups is 1. The van der Waals surface area contributed by atoms with E-state index in [4.69, 9.17) is 10.3 Å². The number of anilines is 1. The molecule has 0 saturated carbocycles. The van der Waals surface area contributed by atoms with E-state index in [1.54, 1.807) is 13.0 Å². The van der Waals surface area contributed by atoms with E-state index in [-0.39, 0.29) is 17.9 Å². The first-order chi connectivity index (χ1) is 9.60. The Morgan fingerprint density at radius 1 is 1.50 bits per heavy atom. The van der Waals surface area contributed by atoms with Crippen LogP contribution in [0.4, 0.5) is 10.2 Å². The van der Waals surface area contributed by atoms with Crippen LogP contribution in [0.1, 0.15) is 21.7 Å². The number of rotatable bonds is 2. The van der Waals surface area contributed by atoms with Crippen LogP contribution in [-0.2, 0) is 0 Å². The maximum absolute atomic E-state index is 13.3. The van der Waals surface area contributed by atoms with Gasteiger partial charge in [-0.15, -0.1) is 0 Å². The Kier molecular flexibility index (Phi) is 4.13. The van der Waals surface area contributed by atoms with Gasteiger partial charge in [0.1, 0.15) is 11.6 Å². The van der Waals surface area contributed by atoms with Gasteiger partial charge in [0.25, 0.3) is 5.91 Å². The third kappa shape index (κ3) is 3.22. The number of nitrogens with two attached hydrogens (primary N) is 1. The molecule has 0 atom stereocenters. The van der Waals surface area contributed by atoms with Crippen LogP contribution >= 0.6 is 0 Å². The van der Waals surface area contributed by atoms with E-state index in [2.05, 4.69) is 22.3 Å². The number of amides is 1. The monoisotopic (exact) mass is 273 g/mol. The van der Waals surface area contributed by atoms with Gasteiger partial charge in [0.2, 0.25) is 0 Å². The number of hydrogen-bond donors (Lipinski definition) is 2. The standard InChI is InChI=1S/C14H12FN3O2/c1-9-7-13(18-20-9)17-14(19)12-8-11(15)5-4-10(12)3-2-6-16/h4-5,7-8H,6,16H2,1H3,(H,17,18,19). The van der Waals surface area contributed by atoms with Crippen molar-refractivity contribution in [2.45, 2.75) is 6.92 Å². The molecule has 1 amide bonds. The van der Waals surface area contributed by atoms with Crippen LogP contribution in [-0.4, -0.2) is 17.6 Å². The molecule has 2 rings (SSSR count). The van der Waals surface area contributed by atoms with Gasteiger partial charge in [-0.1, -0.05) is 17.0 Å². The van der Waals surface area contributed by atoms with Crippen molar-refractivity contribution in [3.05, 3.63) is 47.0 Å². The number of hydrogen-bond acceptors (Lipinski definition) is 4. The minimum atomic E-state index is -0.523. The van der Waals surface area contributed by atoms with Gasteiger partial charge in [-0.05, 0) is 25.1 Å². The quantitative estimate of drug-likeness (QED) is 0.816. The van der Waals surface area contributed by atoms with Crippen molar-refractivity contribution in [1.82, 2.24) is 5.16 Å². The number of aryl methyl sites for hydroxylation is 1. The maximum Gasteiger partial charge on any atom is 0.258 e. The number of nitrogens with zero attached hydrogens (tertiary/aromatic N) is 1. The molecule has 0 unspecified atom stereocenters. The number of halogens is 1. The smallest absolute Gasteiger partial charge is 0.258 e. The van der Waals surface area contributed by atoms with E-state index < -0.39 is 11.7 Å². The molecule has 0 fully saturated rings. The van der Waals surface area contributed by atoms with Crippen molar-refractivity contribution in [1.29, 1.82) is 0 Å². The SMILES string of the molecule is Cc1cc(NC(=O)c2cc(F)ccc2C#CCN)no1. The topological polar surface area (TPSA) is 81.2 Å². The lowest BCUT2D eigenvalue weighted by Crippen LogP contribution is -2.14. The molecule has 2 aromatic rings. The van der Waals surface area contributed by atoms with Crippen LogP contribution < -0.4 is 11.1 Å². The molecular formula is C14H12FN3O2. The van der Waals surface area contributed by atoms with E-state index in [1.807, 2.05) is 0 Å². The summed E-state index contributed by atoms with van der Waals surface area (Å²) in [5.41, 5.74) is 5.80. The molecule has 20 heavy (non-hydrogen) atoms. The van der Waals surface area contributed by atoms with Gasteiger partial charge in [0, 0.05) is 11.6 Å². The highest BCUT2D eigenvalue weighted by Crippen LogP contribution is 2.14. The molecule has 0 aliphatic rings. The molecule has 0 radical (unpaired) electrons. The Labute approximate surface area is 114 Å². The maximum atomic E-state index is 13.3. The summed E-state index contributed by atoms with van der Waals surface area (Å²) in [5.74, 6) is 5.13. The summed E-state index contributed by atoms with van der Waals surface area (Å²) in [7, 11) is 0. The molecule has 0 bridgehead atoms. The zero-order chi connectivity index (χ0) is 14.5. The second-order valence-corrected chi connectivity index (χ2v) is 3.97. The third-order valence-electron chi connectivity index (χ3n) is 2.42. The van der Waals surface area contributed by atoms with E-state index in [0.717, 1.165) is 6.07 Å². The molecule has 1 aromatic carbocycles. The summed E-state index contributed by atoms with van der Waals surface area (Å²) in [6.07, 6.45) is 0. The first-order valence-electron chi connectivity index (χ1n) is 5.83. The highest BCUT2D eigenvalue weighted by Gasteiger charge is 2.13. The lowest BCUT2D eigenvalue weighted by molar-refractivity contribution is 0.102. The molecule has 6 heteroatoms. The van der Waals surface area contributed by atoms with Crippen molar-refractivity contribution in [3.8, 4) is 11.8 Å². The first kappa shape index (κ1) is 13.8. The largest absolute Gasteiger partial charge is 0.360 e. The molecule has 0 spiro atoms. The fourth-order valence-electron chi connectivity index (χ4n) is 1.57. The number of carbonyl (C=O) groups excluding carboxylic acids is 1. The fraction of sp³-hybridized carbons (Fsp3) is 0.143. The van der Waals surface area contributed by atoms with Crippen molar-refractivity contribution < 1.29 is 13.7 Å². The van der Waals surface area contributed by atoms with E-state index >= 15 is 0 Å². The number of aromatic nitrogens is 1. The first-order valence-corrected chi connectivity index (χ1v) is 5.83. The second-order valence-electron chi connectivity index (χ2n) is 3.97. The molecular weight excluding hydrogens is 261 g/mol. The Bertz CT molecular complexity index is 698. The Morgan fingerprint density at radius 2 is 2.30 bits per heavy atom. The van der Waals surface area contributed by atoms with Gasteiger partial charge in [-0.2, -0.15) is 0 Å². The normalized spacial score (nSPS) is 9.75.